The second kappa shape index (κ2) is 10.5. The van der Waals surface area contributed by atoms with Crippen LogP contribution in [-0.4, -0.2) is 32.6 Å². The van der Waals surface area contributed by atoms with Crippen molar-refractivity contribution in [2.45, 2.75) is 52.0 Å². The third-order valence-electron chi connectivity index (χ3n) is 6.14. The molecule has 34 heavy (non-hydrogen) atoms. The zero-order valence-corrected chi connectivity index (χ0v) is 19.9. The third-order valence-corrected chi connectivity index (χ3v) is 6.14. The van der Waals surface area contributed by atoms with Crippen LogP contribution >= 0.6 is 0 Å². The summed E-state index contributed by atoms with van der Waals surface area (Å²) < 4.78 is 7.61. The number of anilines is 1. The molecule has 0 spiro atoms. The van der Waals surface area contributed by atoms with E-state index in [4.69, 9.17) is 4.74 Å². The van der Waals surface area contributed by atoms with E-state index in [9.17, 15) is 9.59 Å². The van der Waals surface area contributed by atoms with Crippen LogP contribution in [0.4, 0.5) is 5.69 Å². The highest BCUT2D eigenvalue weighted by atomic mass is 16.5. The van der Waals surface area contributed by atoms with E-state index in [1.807, 2.05) is 19.9 Å². The normalized spacial score (nSPS) is 14.6. The first-order valence-electron chi connectivity index (χ1n) is 11.7. The Kier molecular flexibility index (Phi) is 7.25. The smallest absolute Gasteiger partial charge is 0.252 e. The Morgan fingerprint density at radius 1 is 1.18 bits per heavy atom. The summed E-state index contributed by atoms with van der Waals surface area (Å²) in [5.74, 6) is 1.07. The Labute approximate surface area is 199 Å². The predicted molar refractivity (Wildman–Crippen MR) is 130 cm³/mol. The van der Waals surface area contributed by atoms with Crippen molar-refractivity contribution in [3.63, 3.8) is 0 Å². The molecule has 1 atom stereocenters. The van der Waals surface area contributed by atoms with Crippen molar-refractivity contribution in [3.05, 3.63) is 65.7 Å². The van der Waals surface area contributed by atoms with E-state index < -0.39 is 6.04 Å². The van der Waals surface area contributed by atoms with Gasteiger partial charge in [0.15, 0.2) is 0 Å². The molecule has 0 saturated heterocycles. The highest BCUT2D eigenvalue weighted by molar-refractivity contribution is 6.01. The Bertz CT molecular complexity index is 1170. The van der Waals surface area contributed by atoms with Crippen molar-refractivity contribution in [3.8, 4) is 11.5 Å². The molecule has 8 heteroatoms. The molecule has 0 radical (unpaired) electrons. The molecule has 1 aliphatic rings. The van der Waals surface area contributed by atoms with Gasteiger partial charge in [0.25, 0.3) is 5.91 Å². The molecule has 8 nitrogen and oxygen atoms in total. The second-order valence-electron chi connectivity index (χ2n) is 9.03. The predicted octanol–water partition coefficient (Wildman–Crippen LogP) is 4.54. The molecule has 1 fully saturated rings. The van der Waals surface area contributed by atoms with Crippen molar-refractivity contribution in [1.82, 2.24) is 20.1 Å². The summed E-state index contributed by atoms with van der Waals surface area (Å²) in [5, 5.41) is 9.93. The van der Waals surface area contributed by atoms with E-state index in [0.29, 0.717) is 35.1 Å². The molecule has 3 aromatic rings. The molecular weight excluding hydrogens is 430 g/mol. The van der Waals surface area contributed by atoms with Gasteiger partial charge < -0.3 is 15.4 Å². The fourth-order valence-corrected chi connectivity index (χ4v) is 4.31. The molecule has 2 amide bonds. The maximum Gasteiger partial charge on any atom is 0.252 e. The van der Waals surface area contributed by atoms with Gasteiger partial charge in [0.2, 0.25) is 5.91 Å². The molecule has 178 valence electrons. The van der Waals surface area contributed by atoms with Crippen LogP contribution in [0.1, 0.15) is 53.7 Å². The first kappa shape index (κ1) is 23.5. The van der Waals surface area contributed by atoms with Crippen LogP contribution in [0, 0.1) is 19.8 Å². The summed E-state index contributed by atoms with van der Waals surface area (Å²) in [7, 11) is 1.79. The summed E-state index contributed by atoms with van der Waals surface area (Å²) in [6.45, 7) is 3.82. The highest BCUT2D eigenvalue weighted by Gasteiger charge is 2.27. The molecule has 2 aromatic heterocycles. The average Bonchev–Trinajstić information content (AvgIpc) is 3.47. The lowest BCUT2D eigenvalue weighted by molar-refractivity contribution is -0.118. The van der Waals surface area contributed by atoms with E-state index in [2.05, 4.69) is 20.7 Å². The summed E-state index contributed by atoms with van der Waals surface area (Å²) in [6, 6.07) is 8.24. The number of pyridine rings is 1. The fraction of sp³-hybridized carbons (Fsp3) is 0.385. The SMILES string of the molecule is Cc1cnc(C)c(Oc2cccc(C(=O)N[C@@H](CC3CCCC3)C(=O)Nc3cnn(C)c3)c2)c1. The van der Waals surface area contributed by atoms with Gasteiger partial charge in [-0.2, -0.15) is 5.10 Å². The number of carbonyl (C=O) groups is 2. The topological polar surface area (TPSA) is 98.1 Å². The number of benzene rings is 1. The molecule has 1 aliphatic carbocycles. The largest absolute Gasteiger partial charge is 0.455 e. The number of ether oxygens (including phenoxy) is 1. The van der Waals surface area contributed by atoms with E-state index >= 15 is 0 Å². The number of aromatic nitrogens is 3. The van der Waals surface area contributed by atoms with Gasteiger partial charge in [-0.3, -0.25) is 19.3 Å². The minimum atomic E-state index is -0.636. The lowest BCUT2D eigenvalue weighted by Gasteiger charge is -2.21. The minimum Gasteiger partial charge on any atom is -0.455 e. The van der Waals surface area contributed by atoms with Crippen molar-refractivity contribution in [1.29, 1.82) is 0 Å². The van der Waals surface area contributed by atoms with Crippen molar-refractivity contribution >= 4 is 17.5 Å². The van der Waals surface area contributed by atoms with E-state index in [-0.39, 0.29) is 11.8 Å². The van der Waals surface area contributed by atoms with Crippen LogP contribution in [0.15, 0.2) is 48.9 Å². The summed E-state index contributed by atoms with van der Waals surface area (Å²) in [5.41, 5.74) is 2.80. The number of amides is 2. The monoisotopic (exact) mass is 461 g/mol. The van der Waals surface area contributed by atoms with Crippen molar-refractivity contribution in [2.24, 2.45) is 13.0 Å². The van der Waals surface area contributed by atoms with Crippen LogP contribution in [0.25, 0.3) is 0 Å². The van der Waals surface area contributed by atoms with Gasteiger partial charge in [0, 0.05) is 25.0 Å². The van der Waals surface area contributed by atoms with Crippen LogP contribution < -0.4 is 15.4 Å². The van der Waals surface area contributed by atoms with Crippen molar-refractivity contribution in [2.75, 3.05) is 5.32 Å². The number of carbonyl (C=O) groups excluding carboxylic acids is 2. The summed E-state index contributed by atoms with van der Waals surface area (Å²) in [6.07, 6.45) is 10.2. The molecule has 4 rings (SSSR count). The standard InChI is InChI=1S/C26H31N5O3/c1-17-11-24(18(2)27-14-17)34-22-10-6-9-20(13-22)25(32)30-23(12-19-7-4-5-8-19)26(33)29-21-15-28-31(3)16-21/h6,9-11,13-16,19,23H,4-5,7-8,12H2,1-3H3,(H,29,33)(H,30,32)/t23-/m0/s1. The zero-order valence-electron chi connectivity index (χ0n) is 19.9. The summed E-state index contributed by atoms with van der Waals surface area (Å²) >= 11 is 0. The Hall–Kier alpha value is -3.68. The highest BCUT2D eigenvalue weighted by Crippen LogP contribution is 2.29. The first-order valence-corrected chi connectivity index (χ1v) is 11.7. The Morgan fingerprint density at radius 3 is 2.71 bits per heavy atom. The van der Waals surface area contributed by atoms with E-state index in [1.165, 1.54) is 12.8 Å². The number of rotatable bonds is 8. The second-order valence-corrected chi connectivity index (χ2v) is 9.03. The van der Waals surface area contributed by atoms with Gasteiger partial charge in [0.1, 0.15) is 17.5 Å². The molecular formula is C26H31N5O3. The van der Waals surface area contributed by atoms with Gasteiger partial charge in [-0.05, 0) is 56.0 Å². The average molecular weight is 462 g/mol. The van der Waals surface area contributed by atoms with Gasteiger partial charge in [0.05, 0.1) is 17.6 Å². The molecule has 2 heterocycles. The zero-order chi connectivity index (χ0) is 24.1. The fourth-order valence-electron chi connectivity index (χ4n) is 4.31. The van der Waals surface area contributed by atoms with Crippen LogP contribution in [0.3, 0.4) is 0 Å². The van der Waals surface area contributed by atoms with Crippen molar-refractivity contribution < 1.29 is 14.3 Å². The molecule has 0 bridgehead atoms. The lowest BCUT2D eigenvalue weighted by atomic mass is 9.97. The Balaban J connectivity index is 1.48. The van der Waals surface area contributed by atoms with Gasteiger partial charge in [-0.15, -0.1) is 0 Å². The minimum absolute atomic E-state index is 0.234. The van der Waals surface area contributed by atoms with E-state index in [1.54, 1.807) is 54.6 Å². The number of nitrogens with zero attached hydrogens (tertiary/aromatic N) is 3. The maximum atomic E-state index is 13.1. The van der Waals surface area contributed by atoms with Crippen LogP contribution in [0.5, 0.6) is 11.5 Å². The first-order chi connectivity index (χ1) is 16.4. The van der Waals surface area contributed by atoms with Gasteiger partial charge >= 0.3 is 0 Å². The van der Waals surface area contributed by atoms with E-state index in [0.717, 1.165) is 24.1 Å². The lowest BCUT2D eigenvalue weighted by Crippen LogP contribution is -2.44. The molecule has 1 aromatic carbocycles. The van der Waals surface area contributed by atoms with Gasteiger partial charge in [-0.25, -0.2) is 0 Å². The van der Waals surface area contributed by atoms with Crippen LogP contribution in [-0.2, 0) is 11.8 Å². The molecule has 0 unspecified atom stereocenters. The maximum absolute atomic E-state index is 13.1. The molecule has 0 aliphatic heterocycles. The number of nitrogens with one attached hydrogen (secondary N) is 2. The summed E-state index contributed by atoms with van der Waals surface area (Å²) in [4.78, 5) is 30.5. The van der Waals surface area contributed by atoms with Gasteiger partial charge in [-0.1, -0.05) is 31.7 Å². The number of hydrogen-bond donors (Lipinski definition) is 2. The number of aryl methyl sites for hydroxylation is 3. The quantitative estimate of drug-likeness (QED) is 0.513. The van der Waals surface area contributed by atoms with Crippen LogP contribution in [0.2, 0.25) is 0 Å². The molecule has 2 N–H and O–H groups in total. The molecule has 1 saturated carbocycles. The third kappa shape index (κ3) is 6.01. The number of hydrogen-bond acceptors (Lipinski definition) is 5. The Morgan fingerprint density at radius 2 is 1.97 bits per heavy atom.